The number of halogens is 1. The van der Waals surface area contributed by atoms with Crippen LogP contribution in [0.1, 0.15) is 38.5 Å². The van der Waals surface area contributed by atoms with Crippen LogP contribution in [0.3, 0.4) is 0 Å². The molecule has 1 aromatic heterocycles. The number of carbonyl (C=O) groups is 2. The SMILES string of the molecule is O=C(NNC(=O)c1nn(-c2ccc(F)cc2)c2c1CCC2)c1ccccc1. The highest BCUT2D eigenvalue weighted by molar-refractivity contribution is 5.99. The molecule has 0 unspecified atom stereocenters. The van der Waals surface area contributed by atoms with Gasteiger partial charge in [0.25, 0.3) is 11.8 Å². The molecule has 0 saturated heterocycles. The molecular formula is C20H17FN4O2. The topological polar surface area (TPSA) is 76.0 Å². The summed E-state index contributed by atoms with van der Waals surface area (Å²) in [6.45, 7) is 0. The number of hydrogen-bond acceptors (Lipinski definition) is 3. The van der Waals surface area contributed by atoms with Crippen molar-refractivity contribution in [3.05, 3.63) is 82.9 Å². The number of amides is 2. The van der Waals surface area contributed by atoms with E-state index in [2.05, 4.69) is 16.0 Å². The van der Waals surface area contributed by atoms with Gasteiger partial charge in [0, 0.05) is 16.8 Å². The van der Waals surface area contributed by atoms with Crippen LogP contribution in [0, 0.1) is 5.82 Å². The average Bonchev–Trinajstić information content (AvgIpc) is 3.30. The molecule has 1 heterocycles. The van der Waals surface area contributed by atoms with Gasteiger partial charge in [-0.3, -0.25) is 20.4 Å². The Balaban J connectivity index is 1.55. The van der Waals surface area contributed by atoms with E-state index in [1.54, 1.807) is 47.1 Å². The summed E-state index contributed by atoms with van der Waals surface area (Å²) in [6, 6.07) is 14.6. The maximum absolute atomic E-state index is 13.2. The van der Waals surface area contributed by atoms with Crippen LogP contribution in [0.25, 0.3) is 5.69 Å². The van der Waals surface area contributed by atoms with E-state index in [0.29, 0.717) is 11.3 Å². The highest BCUT2D eigenvalue weighted by atomic mass is 19.1. The highest BCUT2D eigenvalue weighted by Crippen LogP contribution is 2.27. The second kappa shape index (κ2) is 7.03. The van der Waals surface area contributed by atoms with Crippen LogP contribution >= 0.6 is 0 Å². The summed E-state index contributed by atoms with van der Waals surface area (Å²) >= 11 is 0. The summed E-state index contributed by atoms with van der Waals surface area (Å²) < 4.78 is 14.9. The molecule has 6 nitrogen and oxygen atoms in total. The first-order valence-corrected chi connectivity index (χ1v) is 8.66. The number of rotatable bonds is 3. The molecule has 3 aromatic rings. The van der Waals surface area contributed by atoms with Gasteiger partial charge in [0.05, 0.1) is 5.69 Å². The third-order valence-corrected chi connectivity index (χ3v) is 4.54. The van der Waals surface area contributed by atoms with Crippen LogP contribution in [0.5, 0.6) is 0 Å². The normalized spacial score (nSPS) is 12.5. The van der Waals surface area contributed by atoms with Crippen LogP contribution in [0.4, 0.5) is 4.39 Å². The zero-order valence-corrected chi connectivity index (χ0v) is 14.4. The van der Waals surface area contributed by atoms with Crippen molar-refractivity contribution in [1.82, 2.24) is 20.6 Å². The Bertz CT molecular complexity index is 997. The predicted molar refractivity (Wildman–Crippen MR) is 96.9 cm³/mol. The first-order chi connectivity index (χ1) is 13.1. The van der Waals surface area contributed by atoms with Gasteiger partial charge in [0.1, 0.15) is 5.82 Å². The minimum atomic E-state index is -0.474. The van der Waals surface area contributed by atoms with E-state index in [1.807, 2.05) is 0 Å². The van der Waals surface area contributed by atoms with Crippen LogP contribution in [-0.2, 0) is 12.8 Å². The molecule has 0 fully saturated rings. The maximum Gasteiger partial charge on any atom is 0.290 e. The fourth-order valence-corrected chi connectivity index (χ4v) is 3.25. The number of hydrogen-bond donors (Lipinski definition) is 2. The van der Waals surface area contributed by atoms with Crippen LogP contribution in [0.2, 0.25) is 0 Å². The largest absolute Gasteiger partial charge is 0.290 e. The van der Waals surface area contributed by atoms with Crippen LogP contribution in [0.15, 0.2) is 54.6 Å². The van der Waals surface area contributed by atoms with E-state index in [9.17, 15) is 14.0 Å². The summed E-state index contributed by atoms with van der Waals surface area (Å²) in [5.74, 6) is -1.21. The van der Waals surface area contributed by atoms with Gasteiger partial charge < -0.3 is 0 Å². The van der Waals surface area contributed by atoms with Gasteiger partial charge in [-0.25, -0.2) is 9.07 Å². The van der Waals surface area contributed by atoms with Gasteiger partial charge >= 0.3 is 0 Å². The Labute approximate surface area is 155 Å². The zero-order chi connectivity index (χ0) is 18.8. The van der Waals surface area contributed by atoms with E-state index in [-0.39, 0.29) is 11.5 Å². The van der Waals surface area contributed by atoms with Crippen molar-refractivity contribution in [2.24, 2.45) is 0 Å². The Morgan fingerprint density at radius 2 is 1.63 bits per heavy atom. The average molecular weight is 364 g/mol. The zero-order valence-electron chi connectivity index (χ0n) is 14.4. The third-order valence-electron chi connectivity index (χ3n) is 4.54. The summed E-state index contributed by atoms with van der Waals surface area (Å²) in [4.78, 5) is 24.7. The van der Waals surface area contributed by atoms with E-state index in [0.717, 1.165) is 30.5 Å². The van der Waals surface area contributed by atoms with Crippen LogP contribution in [-0.4, -0.2) is 21.6 Å². The number of hydrazine groups is 1. The number of aromatic nitrogens is 2. The number of carbonyl (C=O) groups excluding carboxylic acids is 2. The molecule has 0 atom stereocenters. The third kappa shape index (κ3) is 3.31. The highest BCUT2D eigenvalue weighted by Gasteiger charge is 2.27. The summed E-state index contributed by atoms with van der Waals surface area (Å²) in [5, 5.41) is 4.41. The number of nitrogens with one attached hydrogen (secondary N) is 2. The summed E-state index contributed by atoms with van der Waals surface area (Å²) in [6.07, 6.45) is 2.46. The summed E-state index contributed by atoms with van der Waals surface area (Å²) in [7, 11) is 0. The van der Waals surface area contributed by atoms with E-state index in [1.165, 1.54) is 12.1 Å². The number of fused-ring (bicyclic) bond motifs is 1. The molecule has 136 valence electrons. The fourth-order valence-electron chi connectivity index (χ4n) is 3.25. The predicted octanol–water partition coefficient (Wildman–Crippen LogP) is 2.57. The molecule has 7 heteroatoms. The quantitative estimate of drug-likeness (QED) is 0.702. The molecule has 27 heavy (non-hydrogen) atoms. The Morgan fingerprint density at radius 1 is 0.926 bits per heavy atom. The smallest absolute Gasteiger partial charge is 0.267 e. The minimum absolute atomic E-state index is 0.278. The van der Waals surface area contributed by atoms with E-state index < -0.39 is 11.8 Å². The van der Waals surface area contributed by atoms with Crippen molar-refractivity contribution in [1.29, 1.82) is 0 Å². The Kier molecular flexibility index (Phi) is 4.42. The molecular weight excluding hydrogens is 347 g/mol. The first kappa shape index (κ1) is 17.0. The molecule has 0 aliphatic heterocycles. The van der Waals surface area contributed by atoms with Crippen molar-refractivity contribution in [2.45, 2.75) is 19.3 Å². The maximum atomic E-state index is 13.2. The number of benzene rings is 2. The second-order valence-corrected chi connectivity index (χ2v) is 6.29. The van der Waals surface area contributed by atoms with Crippen molar-refractivity contribution in [2.75, 3.05) is 0 Å². The molecule has 0 radical (unpaired) electrons. The van der Waals surface area contributed by atoms with Gasteiger partial charge in [-0.15, -0.1) is 0 Å². The first-order valence-electron chi connectivity index (χ1n) is 8.66. The standard InChI is InChI=1S/C20H17FN4O2/c21-14-9-11-15(12-10-14)25-17-8-4-7-16(17)18(24-25)20(27)23-22-19(26)13-5-2-1-3-6-13/h1-3,5-6,9-12H,4,7-8H2,(H,22,26)(H,23,27). The molecule has 2 N–H and O–H groups in total. The van der Waals surface area contributed by atoms with Gasteiger partial charge in [0.2, 0.25) is 0 Å². The monoisotopic (exact) mass is 364 g/mol. The van der Waals surface area contributed by atoms with Gasteiger partial charge in [-0.2, -0.15) is 5.10 Å². The molecule has 0 bridgehead atoms. The lowest BCUT2D eigenvalue weighted by Crippen LogP contribution is -2.42. The Morgan fingerprint density at radius 3 is 2.37 bits per heavy atom. The van der Waals surface area contributed by atoms with E-state index in [4.69, 9.17) is 0 Å². The molecule has 1 aliphatic carbocycles. The van der Waals surface area contributed by atoms with Crippen molar-refractivity contribution < 1.29 is 14.0 Å². The molecule has 2 aromatic carbocycles. The van der Waals surface area contributed by atoms with Gasteiger partial charge in [0.15, 0.2) is 5.69 Å². The molecule has 4 rings (SSSR count). The minimum Gasteiger partial charge on any atom is -0.267 e. The number of nitrogens with zero attached hydrogens (tertiary/aromatic N) is 2. The molecule has 1 aliphatic rings. The van der Waals surface area contributed by atoms with Gasteiger partial charge in [-0.05, 0) is 55.7 Å². The molecule has 2 amide bonds. The van der Waals surface area contributed by atoms with Crippen molar-refractivity contribution in [3.8, 4) is 5.69 Å². The fraction of sp³-hybridized carbons (Fsp3) is 0.150. The lowest BCUT2D eigenvalue weighted by atomic mass is 10.2. The second-order valence-electron chi connectivity index (χ2n) is 6.29. The van der Waals surface area contributed by atoms with Crippen molar-refractivity contribution >= 4 is 11.8 Å². The van der Waals surface area contributed by atoms with Crippen LogP contribution < -0.4 is 10.9 Å². The lowest BCUT2D eigenvalue weighted by Gasteiger charge is -2.07. The van der Waals surface area contributed by atoms with E-state index >= 15 is 0 Å². The summed E-state index contributed by atoms with van der Waals surface area (Å²) in [5.41, 5.74) is 8.06. The Hall–Kier alpha value is -3.48. The van der Waals surface area contributed by atoms with Crippen molar-refractivity contribution in [3.63, 3.8) is 0 Å². The lowest BCUT2D eigenvalue weighted by molar-refractivity contribution is 0.0843. The van der Waals surface area contributed by atoms with Gasteiger partial charge in [-0.1, -0.05) is 18.2 Å². The molecule has 0 spiro atoms. The molecule has 0 saturated carbocycles.